The number of rotatable bonds is 0. The van der Waals surface area contributed by atoms with E-state index >= 15 is 0 Å². The van der Waals surface area contributed by atoms with E-state index in [1.807, 2.05) is 0 Å². The molecule has 17 heavy (non-hydrogen) atoms. The summed E-state index contributed by atoms with van der Waals surface area (Å²) in [5, 5.41) is 0. The summed E-state index contributed by atoms with van der Waals surface area (Å²) in [6, 6.07) is 0. The Balaban J connectivity index is 1.54. The maximum atomic E-state index is 1.72. The largest absolute Gasteiger partial charge is 0.0464 e. The van der Waals surface area contributed by atoms with E-state index in [2.05, 4.69) is 0 Å². The van der Waals surface area contributed by atoms with Crippen molar-refractivity contribution in [3.8, 4) is 0 Å². The Bertz CT molecular complexity index is 593. The smallest absolute Gasteiger partial charge is 0.00999 e. The molecule has 12 aliphatic rings. The van der Waals surface area contributed by atoms with E-state index in [0.717, 1.165) is 16.2 Å². The molecule has 13 atom stereocenters. The fraction of sp³-hybridized carbons (Fsp3) is 1.00. The van der Waals surface area contributed by atoms with Gasteiger partial charge < -0.3 is 0 Å². The Morgan fingerprint density at radius 3 is 2.06 bits per heavy atom. The Labute approximate surface area is 102 Å². The molecule has 0 aliphatic heterocycles. The van der Waals surface area contributed by atoms with Crippen LogP contribution in [0.1, 0.15) is 25.7 Å². The van der Waals surface area contributed by atoms with Crippen molar-refractivity contribution in [1.29, 1.82) is 0 Å². The fourth-order valence-corrected chi connectivity index (χ4v) is 12.9. The normalized spacial score (nSPS) is 103. The van der Waals surface area contributed by atoms with Crippen LogP contribution in [0, 0.1) is 75.4 Å². The van der Waals surface area contributed by atoms with E-state index in [4.69, 9.17) is 0 Å². The molecule has 0 saturated heterocycles. The molecule has 0 aromatic heterocycles. The van der Waals surface area contributed by atoms with Crippen LogP contribution in [-0.4, -0.2) is 0 Å². The van der Waals surface area contributed by atoms with Gasteiger partial charge in [-0.3, -0.25) is 0 Å². The summed E-state index contributed by atoms with van der Waals surface area (Å²) in [6.45, 7) is 0. The van der Waals surface area contributed by atoms with Crippen molar-refractivity contribution in [1.82, 2.24) is 0 Å². The molecule has 3 spiro atoms. The zero-order chi connectivity index (χ0) is 10.1. The zero-order valence-electron chi connectivity index (χ0n) is 10.1. The van der Waals surface area contributed by atoms with Crippen LogP contribution in [0.5, 0.6) is 0 Å². The molecule has 12 aliphatic carbocycles. The minimum Gasteiger partial charge on any atom is -0.0464 e. The summed E-state index contributed by atoms with van der Waals surface area (Å²) in [7, 11) is 0. The maximum absolute atomic E-state index is 1.72. The van der Waals surface area contributed by atoms with Crippen molar-refractivity contribution >= 4 is 0 Å². The van der Waals surface area contributed by atoms with Gasteiger partial charge in [-0.2, -0.15) is 0 Å². The number of fused-ring (bicyclic) bond motifs is 1. The van der Waals surface area contributed by atoms with Gasteiger partial charge in [0.05, 0.1) is 0 Å². The number of hydrogen-bond acceptors (Lipinski definition) is 0. The third kappa shape index (κ3) is 0.259. The molecule has 0 amide bonds. The molecule has 13 unspecified atom stereocenters. The second-order valence-corrected chi connectivity index (χ2v) is 9.72. The first kappa shape index (κ1) is 6.96. The van der Waals surface area contributed by atoms with Crippen LogP contribution in [-0.2, 0) is 0 Å². The fourth-order valence-electron chi connectivity index (χ4n) is 12.9. The average molecular weight is 222 g/mol. The van der Waals surface area contributed by atoms with Crippen molar-refractivity contribution in [2.45, 2.75) is 25.7 Å². The van der Waals surface area contributed by atoms with Crippen molar-refractivity contribution in [2.75, 3.05) is 0 Å². The van der Waals surface area contributed by atoms with Crippen molar-refractivity contribution in [2.24, 2.45) is 75.4 Å². The van der Waals surface area contributed by atoms with Crippen LogP contribution in [0.15, 0.2) is 0 Å². The van der Waals surface area contributed by atoms with Gasteiger partial charge in [0.15, 0.2) is 0 Å². The molecular weight excluding hydrogens is 204 g/mol. The van der Waals surface area contributed by atoms with Gasteiger partial charge in [-0.05, 0) is 101 Å². The van der Waals surface area contributed by atoms with Crippen LogP contribution in [0.4, 0.5) is 0 Å². The molecule has 0 nitrogen and oxygen atoms in total. The van der Waals surface area contributed by atoms with E-state index in [-0.39, 0.29) is 0 Å². The highest BCUT2D eigenvalue weighted by molar-refractivity contribution is 5.60. The van der Waals surface area contributed by atoms with Crippen LogP contribution >= 0.6 is 0 Å². The maximum Gasteiger partial charge on any atom is -0.00999 e. The Kier molecular flexibility index (Phi) is 0.545. The van der Waals surface area contributed by atoms with Crippen LogP contribution in [0.2, 0.25) is 0 Å². The highest BCUT2D eigenvalue weighted by Crippen LogP contribution is 3.17. The van der Waals surface area contributed by atoms with Crippen LogP contribution in [0.3, 0.4) is 0 Å². The minimum atomic E-state index is 1.05. The molecule has 0 heterocycles. The summed E-state index contributed by atoms with van der Waals surface area (Å²) < 4.78 is 0. The van der Waals surface area contributed by atoms with E-state index in [9.17, 15) is 0 Å². The molecule has 12 rings (SSSR count). The second-order valence-electron chi connectivity index (χ2n) is 9.72. The number of hydrogen-bond donors (Lipinski definition) is 0. The highest BCUT2D eigenvalue weighted by atomic mass is 15.2. The summed E-state index contributed by atoms with van der Waals surface area (Å²) in [4.78, 5) is 0. The predicted octanol–water partition coefficient (Wildman–Crippen LogP) is 2.79. The molecule has 12 saturated carbocycles. The third-order valence-electron chi connectivity index (χ3n) is 11.5. The predicted molar refractivity (Wildman–Crippen MR) is 60.7 cm³/mol. The SMILES string of the molecule is C1C2C3CC1C14C5C6CC7CC8C(C21)C4(C35)C768. The molecule has 0 aromatic carbocycles. The van der Waals surface area contributed by atoms with Crippen LogP contribution in [0.25, 0.3) is 0 Å². The lowest BCUT2D eigenvalue weighted by molar-refractivity contribution is -0.538. The zero-order valence-corrected chi connectivity index (χ0v) is 10.1. The van der Waals surface area contributed by atoms with Gasteiger partial charge in [0.25, 0.3) is 0 Å². The Morgan fingerprint density at radius 1 is 0.588 bits per heavy atom. The lowest BCUT2D eigenvalue weighted by Crippen LogP contribution is -2.97. The van der Waals surface area contributed by atoms with Crippen molar-refractivity contribution in [3.63, 3.8) is 0 Å². The standard InChI is InChI=1S/C17H18/c1-5-2-8-7(1)11-14-10-4-6-3-9-13-12(8)17(14,15(6,9)10)16(5,11)13/h5-14H,1-4H2. The molecule has 7 bridgehead atoms. The topological polar surface area (TPSA) is 0 Å². The van der Waals surface area contributed by atoms with Gasteiger partial charge in [0.2, 0.25) is 0 Å². The molecular formula is C17H18. The Morgan fingerprint density at radius 2 is 1.29 bits per heavy atom. The van der Waals surface area contributed by atoms with Gasteiger partial charge in [0.1, 0.15) is 0 Å². The quantitative estimate of drug-likeness (QED) is 0.591. The van der Waals surface area contributed by atoms with Gasteiger partial charge in [0, 0.05) is 0 Å². The summed E-state index contributed by atoms with van der Waals surface area (Å²) in [5.74, 6) is 13.0. The first-order chi connectivity index (χ1) is 8.41. The third-order valence-corrected chi connectivity index (χ3v) is 11.5. The highest BCUT2D eigenvalue weighted by Gasteiger charge is 3.14. The lowest BCUT2D eigenvalue weighted by Gasteiger charge is -3.00. The van der Waals surface area contributed by atoms with E-state index in [1.54, 1.807) is 25.7 Å². The Hall–Kier alpha value is 0. The summed E-state index contributed by atoms with van der Waals surface area (Å²) >= 11 is 0. The molecule has 12 fully saturated rings. The molecule has 0 N–H and O–H groups in total. The van der Waals surface area contributed by atoms with E-state index in [0.29, 0.717) is 0 Å². The van der Waals surface area contributed by atoms with Gasteiger partial charge in [-0.15, -0.1) is 0 Å². The van der Waals surface area contributed by atoms with Crippen molar-refractivity contribution < 1.29 is 0 Å². The average Bonchev–Trinajstić information content (AvgIpc) is 2.90. The van der Waals surface area contributed by atoms with E-state index < -0.39 is 0 Å². The molecule has 0 aromatic rings. The first-order valence-corrected chi connectivity index (χ1v) is 8.41. The van der Waals surface area contributed by atoms with Crippen LogP contribution < -0.4 is 0 Å². The second kappa shape index (κ2) is 1.33. The first-order valence-electron chi connectivity index (χ1n) is 8.41. The lowest BCUT2D eigenvalue weighted by atomic mass is 9.04. The summed E-state index contributed by atoms with van der Waals surface area (Å²) in [6.07, 6.45) is 6.86. The monoisotopic (exact) mass is 222 g/mol. The summed E-state index contributed by atoms with van der Waals surface area (Å²) in [5.41, 5.74) is 3.19. The minimum absolute atomic E-state index is 1.05. The van der Waals surface area contributed by atoms with E-state index in [1.165, 1.54) is 59.2 Å². The molecule has 0 heteroatoms. The van der Waals surface area contributed by atoms with Gasteiger partial charge in [-0.25, -0.2) is 0 Å². The molecule has 86 valence electrons. The van der Waals surface area contributed by atoms with Gasteiger partial charge >= 0.3 is 0 Å². The molecule has 0 radical (unpaired) electrons. The van der Waals surface area contributed by atoms with Crippen molar-refractivity contribution in [3.05, 3.63) is 0 Å². The van der Waals surface area contributed by atoms with Gasteiger partial charge in [-0.1, -0.05) is 0 Å².